The molecule has 0 N–H and O–H groups in total. The van der Waals surface area contributed by atoms with Gasteiger partial charge in [0.2, 0.25) is 5.91 Å². The van der Waals surface area contributed by atoms with Gasteiger partial charge in [0.15, 0.2) is 0 Å². The van der Waals surface area contributed by atoms with E-state index in [-0.39, 0.29) is 11.8 Å². The smallest absolute Gasteiger partial charge is 0.227 e. The third-order valence-corrected chi connectivity index (χ3v) is 5.78. The summed E-state index contributed by atoms with van der Waals surface area (Å²) in [5, 5.41) is 0. The number of hydrogen-bond donors (Lipinski definition) is 0. The molecule has 0 aliphatic carbocycles. The summed E-state index contributed by atoms with van der Waals surface area (Å²) >= 11 is 0. The Morgan fingerprint density at radius 2 is 1.93 bits per heavy atom. The predicted molar refractivity (Wildman–Crippen MR) is 110 cm³/mol. The van der Waals surface area contributed by atoms with Crippen LogP contribution in [0.3, 0.4) is 0 Å². The van der Waals surface area contributed by atoms with Gasteiger partial charge in [0.1, 0.15) is 5.82 Å². The number of para-hydroxylation sites is 2. The highest BCUT2D eigenvalue weighted by Gasteiger charge is 2.35. The van der Waals surface area contributed by atoms with E-state index in [1.165, 1.54) is 16.6 Å². The number of amides is 1. The van der Waals surface area contributed by atoms with Gasteiger partial charge in [0.25, 0.3) is 0 Å². The first-order valence-corrected chi connectivity index (χ1v) is 9.92. The number of anilines is 1. The lowest BCUT2D eigenvalue weighted by atomic mass is 10.1. The van der Waals surface area contributed by atoms with Crippen molar-refractivity contribution in [2.45, 2.75) is 52.5 Å². The van der Waals surface area contributed by atoms with Crippen molar-refractivity contribution in [2.75, 3.05) is 11.4 Å². The molecule has 3 aromatic rings. The average molecular weight is 361 g/mol. The lowest BCUT2D eigenvalue weighted by molar-refractivity contribution is -0.117. The minimum absolute atomic E-state index is 0.140. The van der Waals surface area contributed by atoms with Crippen LogP contribution < -0.4 is 4.90 Å². The van der Waals surface area contributed by atoms with Crippen molar-refractivity contribution in [3.63, 3.8) is 0 Å². The number of rotatable bonds is 5. The van der Waals surface area contributed by atoms with Gasteiger partial charge in [-0.05, 0) is 49.6 Å². The van der Waals surface area contributed by atoms with Gasteiger partial charge in [-0.3, -0.25) is 4.79 Å². The second-order valence-electron chi connectivity index (χ2n) is 7.59. The molecular formula is C23H27N3O. The Labute approximate surface area is 160 Å². The van der Waals surface area contributed by atoms with Crippen molar-refractivity contribution >= 4 is 22.6 Å². The Morgan fingerprint density at radius 1 is 1.11 bits per heavy atom. The van der Waals surface area contributed by atoms with Crippen LogP contribution in [0.1, 0.15) is 49.1 Å². The Morgan fingerprint density at radius 3 is 2.74 bits per heavy atom. The minimum Gasteiger partial charge on any atom is -0.328 e. The lowest BCUT2D eigenvalue weighted by Gasteiger charge is -2.20. The van der Waals surface area contributed by atoms with Gasteiger partial charge in [-0.25, -0.2) is 4.98 Å². The van der Waals surface area contributed by atoms with Crippen molar-refractivity contribution < 1.29 is 4.79 Å². The minimum atomic E-state index is 0.140. The number of hydrogen-bond acceptors (Lipinski definition) is 2. The number of carbonyl (C=O) groups is 1. The highest BCUT2D eigenvalue weighted by molar-refractivity contribution is 5.97. The summed E-state index contributed by atoms with van der Waals surface area (Å²) in [6.07, 6.45) is 2.79. The molecule has 1 aromatic heterocycles. The van der Waals surface area contributed by atoms with E-state index in [9.17, 15) is 4.79 Å². The van der Waals surface area contributed by atoms with E-state index in [0.717, 1.165) is 36.4 Å². The Balaban J connectivity index is 1.70. The summed E-state index contributed by atoms with van der Waals surface area (Å²) in [6, 6.07) is 14.5. The first-order chi connectivity index (χ1) is 13.1. The molecule has 1 aliphatic heterocycles. The van der Waals surface area contributed by atoms with Crippen molar-refractivity contribution in [1.29, 1.82) is 0 Å². The zero-order valence-corrected chi connectivity index (χ0v) is 16.4. The van der Waals surface area contributed by atoms with E-state index < -0.39 is 0 Å². The van der Waals surface area contributed by atoms with Gasteiger partial charge in [-0.15, -0.1) is 0 Å². The topological polar surface area (TPSA) is 38.1 Å². The van der Waals surface area contributed by atoms with Crippen LogP contribution in [-0.2, 0) is 11.3 Å². The molecule has 2 heterocycles. The SMILES string of the molecule is CCCCn1c(C2CC(=O)N(c3cccc(C)c3C)C2)nc2ccccc21. The quantitative estimate of drug-likeness (QED) is 0.643. The summed E-state index contributed by atoms with van der Waals surface area (Å²) < 4.78 is 2.34. The molecule has 4 nitrogen and oxygen atoms in total. The van der Waals surface area contributed by atoms with E-state index in [0.29, 0.717) is 13.0 Å². The molecule has 1 unspecified atom stereocenters. The monoisotopic (exact) mass is 361 g/mol. The molecule has 4 heteroatoms. The fourth-order valence-electron chi connectivity index (χ4n) is 4.10. The maximum absolute atomic E-state index is 12.9. The molecule has 1 aliphatic rings. The van der Waals surface area contributed by atoms with Gasteiger partial charge < -0.3 is 9.47 Å². The number of imidazole rings is 1. The average Bonchev–Trinajstić information content (AvgIpc) is 3.23. The molecule has 0 bridgehead atoms. The largest absolute Gasteiger partial charge is 0.328 e. The molecule has 4 rings (SSSR count). The van der Waals surface area contributed by atoms with Crippen LogP contribution in [0.15, 0.2) is 42.5 Å². The summed E-state index contributed by atoms with van der Waals surface area (Å²) in [5.41, 5.74) is 5.66. The first-order valence-electron chi connectivity index (χ1n) is 9.92. The van der Waals surface area contributed by atoms with E-state index in [2.05, 4.69) is 55.7 Å². The van der Waals surface area contributed by atoms with Gasteiger partial charge in [0.05, 0.1) is 11.0 Å². The van der Waals surface area contributed by atoms with Crippen molar-refractivity contribution in [1.82, 2.24) is 9.55 Å². The number of aryl methyl sites for hydroxylation is 2. The van der Waals surface area contributed by atoms with Gasteiger partial charge >= 0.3 is 0 Å². The van der Waals surface area contributed by atoms with E-state index in [4.69, 9.17) is 4.98 Å². The second-order valence-corrected chi connectivity index (χ2v) is 7.59. The molecular weight excluding hydrogens is 334 g/mol. The molecule has 1 atom stereocenters. The first kappa shape index (κ1) is 17.8. The van der Waals surface area contributed by atoms with Crippen LogP contribution >= 0.6 is 0 Å². The molecule has 1 saturated heterocycles. The summed E-state index contributed by atoms with van der Waals surface area (Å²) in [5.74, 6) is 1.40. The third kappa shape index (κ3) is 3.14. The zero-order chi connectivity index (χ0) is 19.0. The van der Waals surface area contributed by atoms with Crippen molar-refractivity contribution in [3.05, 3.63) is 59.4 Å². The standard InChI is InChI=1S/C23H27N3O/c1-4-5-13-25-21-11-7-6-10-19(21)24-23(25)18-14-22(27)26(15-18)20-12-8-9-16(2)17(20)3/h6-12,18H,4-5,13-15H2,1-3H3. The maximum atomic E-state index is 12.9. The van der Waals surface area contributed by atoms with E-state index >= 15 is 0 Å². The van der Waals surface area contributed by atoms with Gasteiger partial charge in [-0.1, -0.05) is 37.6 Å². The number of unbranched alkanes of at least 4 members (excludes halogenated alkanes) is 1. The molecule has 0 spiro atoms. The van der Waals surface area contributed by atoms with Gasteiger partial charge in [0, 0.05) is 31.1 Å². The number of aromatic nitrogens is 2. The number of fused-ring (bicyclic) bond motifs is 1. The second kappa shape index (κ2) is 7.18. The Hall–Kier alpha value is -2.62. The summed E-state index contributed by atoms with van der Waals surface area (Å²) in [6.45, 7) is 8.07. The molecule has 0 saturated carbocycles. The Kier molecular flexibility index (Phi) is 4.73. The number of carbonyl (C=O) groups excluding carboxylic acids is 1. The molecule has 140 valence electrons. The van der Waals surface area contributed by atoms with E-state index in [1.54, 1.807) is 0 Å². The van der Waals surface area contributed by atoms with E-state index in [1.807, 2.05) is 17.0 Å². The molecule has 0 radical (unpaired) electrons. The van der Waals surface area contributed by atoms with Crippen molar-refractivity contribution in [3.8, 4) is 0 Å². The molecule has 2 aromatic carbocycles. The molecule has 27 heavy (non-hydrogen) atoms. The maximum Gasteiger partial charge on any atom is 0.227 e. The predicted octanol–water partition coefficient (Wildman–Crippen LogP) is 4.97. The molecule has 1 amide bonds. The highest BCUT2D eigenvalue weighted by atomic mass is 16.2. The third-order valence-electron chi connectivity index (χ3n) is 5.78. The number of nitrogens with zero attached hydrogens (tertiary/aromatic N) is 3. The highest BCUT2D eigenvalue weighted by Crippen LogP contribution is 2.35. The summed E-state index contributed by atoms with van der Waals surface area (Å²) in [7, 11) is 0. The number of benzene rings is 2. The molecule has 1 fully saturated rings. The van der Waals surface area contributed by atoms with Crippen LogP contribution in [0.25, 0.3) is 11.0 Å². The van der Waals surface area contributed by atoms with Crippen LogP contribution in [0, 0.1) is 13.8 Å². The van der Waals surface area contributed by atoms with Crippen molar-refractivity contribution in [2.24, 2.45) is 0 Å². The van der Waals surface area contributed by atoms with Crippen LogP contribution in [-0.4, -0.2) is 22.0 Å². The summed E-state index contributed by atoms with van der Waals surface area (Å²) in [4.78, 5) is 19.7. The fourth-order valence-corrected chi connectivity index (χ4v) is 4.10. The Bertz CT molecular complexity index is 988. The fraction of sp³-hybridized carbons (Fsp3) is 0.391. The van der Waals surface area contributed by atoms with Crippen LogP contribution in [0.2, 0.25) is 0 Å². The van der Waals surface area contributed by atoms with Crippen LogP contribution in [0.4, 0.5) is 5.69 Å². The normalized spacial score (nSPS) is 17.2. The zero-order valence-electron chi connectivity index (χ0n) is 16.4. The van der Waals surface area contributed by atoms with Gasteiger partial charge in [-0.2, -0.15) is 0 Å². The van der Waals surface area contributed by atoms with Crippen LogP contribution in [0.5, 0.6) is 0 Å². The lowest BCUT2D eigenvalue weighted by Crippen LogP contribution is -2.25.